The Bertz CT molecular complexity index is 776. The molecule has 0 heterocycles. The first-order valence-corrected chi connectivity index (χ1v) is 9.80. The SMILES string of the molecule is CC1(C)[C@H]2CC[C@@]1(CS(=O)(=O)Nc1ccc(OC(F)F)cc1)C(=O)C2. The van der Waals surface area contributed by atoms with Gasteiger partial charge in [-0.2, -0.15) is 8.78 Å². The first-order valence-electron chi connectivity index (χ1n) is 8.14. The highest BCUT2D eigenvalue weighted by Crippen LogP contribution is 2.64. The van der Waals surface area contributed by atoms with Gasteiger partial charge in [-0.1, -0.05) is 13.8 Å². The highest BCUT2D eigenvalue weighted by molar-refractivity contribution is 7.92. The molecule has 2 saturated carbocycles. The van der Waals surface area contributed by atoms with Gasteiger partial charge in [0, 0.05) is 12.1 Å². The lowest BCUT2D eigenvalue weighted by molar-refractivity contribution is -0.128. The average molecular weight is 373 g/mol. The second-order valence-corrected chi connectivity index (χ2v) is 9.15. The van der Waals surface area contributed by atoms with Gasteiger partial charge < -0.3 is 4.74 Å². The van der Waals surface area contributed by atoms with Gasteiger partial charge in [-0.05, 0) is 48.4 Å². The third-order valence-electron chi connectivity index (χ3n) is 5.93. The van der Waals surface area contributed by atoms with Crippen LogP contribution in [-0.4, -0.2) is 26.6 Å². The van der Waals surface area contributed by atoms with Gasteiger partial charge in [0.25, 0.3) is 0 Å². The van der Waals surface area contributed by atoms with Crippen LogP contribution in [0, 0.1) is 16.7 Å². The van der Waals surface area contributed by atoms with Crippen LogP contribution in [0.4, 0.5) is 14.5 Å². The molecule has 2 aliphatic rings. The molecular formula is C17H21F2NO4S. The normalized spacial score (nSPS) is 27.7. The fourth-order valence-electron chi connectivity index (χ4n) is 4.35. The van der Waals surface area contributed by atoms with E-state index < -0.39 is 22.0 Å². The quantitative estimate of drug-likeness (QED) is 0.829. The van der Waals surface area contributed by atoms with Crippen LogP contribution in [-0.2, 0) is 14.8 Å². The van der Waals surface area contributed by atoms with Gasteiger partial charge in [0.05, 0.1) is 11.2 Å². The van der Waals surface area contributed by atoms with Gasteiger partial charge in [0.2, 0.25) is 10.0 Å². The molecular weight excluding hydrogens is 352 g/mol. The molecule has 2 fully saturated rings. The van der Waals surface area contributed by atoms with E-state index >= 15 is 0 Å². The van der Waals surface area contributed by atoms with Crippen molar-refractivity contribution in [2.75, 3.05) is 10.5 Å². The smallest absolute Gasteiger partial charge is 0.387 e. The number of ketones is 1. The monoisotopic (exact) mass is 373 g/mol. The molecule has 0 spiro atoms. The van der Waals surface area contributed by atoms with Crippen LogP contribution in [0.25, 0.3) is 0 Å². The zero-order chi connectivity index (χ0) is 18.5. The van der Waals surface area contributed by atoms with E-state index in [1.165, 1.54) is 24.3 Å². The summed E-state index contributed by atoms with van der Waals surface area (Å²) in [5.74, 6) is -0.0412. The number of sulfonamides is 1. The van der Waals surface area contributed by atoms with Crippen LogP contribution in [0.2, 0.25) is 0 Å². The van der Waals surface area contributed by atoms with Crippen molar-refractivity contribution in [3.8, 4) is 5.75 Å². The summed E-state index contributed by atoms with van der Waals surface area (Å²) in [5, 5.41) is 0. The predicted octanol–water partition coefficient (Wildman–Crippen LogP) is 3.43. The molecule has 5 nitrogen and oxygen atoms in total. The predicted molar refractivity (Wildman–Crippen MR) is 89.0 cm³/mol. The van der Waals surface area contributed by atoms with E-state index in [9.17, 15) is 22.0 Å². The molecule has 1 N–H and O–H groups in total. The number of benzene rings is 1. The Labute approximate surface area is 145 Å². The van der Waals surface area contributed by atoms with E-state index in [1.807, 2.05) is 13.8 Å². The first kappa shape index (κ1) is 18.1. The zero-order valence-electron chi connectivity index (χ0n) is 14.1. The topological polar surface area (TPSA) is 72.5 Å². The van der Waals surface area contributed by atoms with Gasteiger partial charge >= 0.3 is 6.61 Å². The van der Waals surface area contributed by atoms with Crippen molar-refractivity contribution >= 4 is 21.5 Å². The summed E-state index contributed by atoms with van der Waals surface area (Å²) in [6.07, 6.45) is 1.90. The summed E-state index contributed by atoms with van der Waals surface area (Å²) in [5.41, 5.74) is -0.938. The molecule has 3 rings (SSSR count). The molecule has 2 aliphatic carbocycles. The number of fused-ring (bicyclic) bond motifs is 2. The summed E-state index contributed by atoms with van der Waals surface area (Å²) < 4.78 is 56.2. The van der Waals surface area contributed by atoms with E-state index in [2.05, 4.69) is 9.46 Å². The Morgan fingerprint density at radius 3 is 2.40 bits per heavy atom. The lowest BCUT2D eigenvalue weighted by atomic mass is 9.70. The highest BCUT2D eigenvalue weighted by Gasteiger charge is 2.65. The first-order chi connectivity index (χ1) is 11.6. The molecule has 1 aromatic carbocycles. The van der Waals surface area contributed by atoms with E-state index in [0.717, 1.165) is 6.42 Å². The number of anilines is 1. The van der Waals surface area contributed by atoms with Crippen molar-refractivity contribution in [1.82, 2.24) is 0 Å². The van der Waals surface area contributed by atoms with Gasteiger partial charge in [-0.15, -0.1) is 0 Å². The number of carbonyl (C=O) groups excluding carboxylic acids is 1. The maximum atomic E-state index is 12.6. The molecule has 0 amide bonds. The molecule has 1 aromatic rings. The molecule has 0 radical (unpaired) electrons. The number of carbonyl (C=O) groups is 1. The van der Waals surface area contributed by atoms with E-state index in [4.69, 9.17) is 0 Å². The molecule has 0 saturated heterocycles. The van der Waals surface area contributed by atoms with Gasteiger partial charge in [0.1, 0.15) is 11.5 Å². The summed E-state index contributed by atoms with van der Waals surface area (Å²) in [7, 11) is -3.76. The van der Waals surface area contributed by atoms with Crippen molar-refractivity contribution in [2.45, 2.75) is 39.7 Å². The van der Waals surface area contributed by atoms with Crippen LogP contribution in [0.1, 0.15) is 33.1 Å². The van der Waals surface area contributed by atoms with E-state index in [-0.39, 0.29) is 34.3 Å². The minimum atomic E-state index is -3.76. The molecule has 2 atom stereocenters. The number of halogens is 2. The van der Waals surface area contributed by atoms with Crippen LogP contribution in [0.5, 0.6) is 5.75 Å². The third-order valence-corrected chi connectivity index (χ3v) is 7.35. The minimum Gasteiger partial charge on any atom is -0.435 e. The Kier molecular flexibility index (Phi) is 4.29. The maximum Gasteiger partial charge on any atom is 0.387 e. The Hall–Kier alpha value is -1.70. The molecule has 0 unspecified atom stereocenters. The van der Waals surface area contributed by atoms with Gasteiger partial charge in [0.15, 0.2) is 0 Å². The van der Waals surface area contributed by atoms with Crippen molar-refractivity contribution in [3.63, 3.8) is 0 Å². The van der Waals surface area contributed by atoms with Crippen molar-refractivity contribution in [1.29, 1.82) is 0 Å². The minimum absolute atomic E-state index is 0.0276. The lowest BCUT2D eigenvalue weighted by Gasteiger charge is -2.36. The summed E-state index contributed by atoms with van der Waals surface area (Å²) in [6.45, 7) is 1.01. The number of Topliss-reactive ketones (excluding diaryl/α,β-unsaturated/α-hetero) is 1. The summed E-state index contributed by atoms with van der Waals surface area (Å²) in [6, 6.07) is 5.23. The molecule has 25 heavy (non-hydrogen) atoms. The lowest BCUT2D eigenvalue weighted by Crippen LogP contribution is -2.43. The largest absolute Gasteiger partial charge is 0.435 e. The molecule has 8 heteroatoms. The van der Waals surface area contributed by atoms with Crippen molar-refractivity contribution in [3.05, 3.63) is 24.3 Å². The third kappa shape index (κ3) is 3.12. The van der Waals surface area contributed by atoms with Crippen molar-refractivity contribution in [2.24, 2.45) is 16.7 Å². The molecule has 138 valence electrons. The van der Waals surface area contributed by atoms with Crippen LogP contribution < -0.4 is 9.46 Å². The van der Waals surface area contributed by atoms with Gasteiger partial charge in [-0.3, -0.25) is 9.52 Å². The summed E-state index contributed by atoms with van der Waals surface area (Å²) >= 11 is 0. The fourth-order valence-corrected chi connectivity index (χ4v) is 6.25. The number of rotatable bonds is 6. The second-order valence-electron chi connectivity index (χ2n) is 7.43. The van der Waals surface area contributed by atoms with E-state index in [0.29, 0.717) is 12.8 Å². The maximum absolute atomic E-state index is 12.6. The van der Waals surface area contributed by atoms with Crippen LogP contribution >= 0.6 is 0 Å². The fraction of sp³-hybridized carbons (Fsp3) is 0.588. The standard InChI is InChI=1S/C17H21F2NO4S/c1-16(2)11-7-8-17(16,14(21)9-11)10-25(22,23)20-12-3-5-13(6-4-12)24-15(18)19/h3-6,11,15,20H,7-10H2,1-2H3/t11-,17+/m0/s1. The number of hydrogen-bond acceptors (Lipinski definition) is 4. The number of hydrogen-bond donors (Lipinski definition) is 1. The van der Waals surface area contributed by atoms with Crippen LogP contribution in [0.3, 0.4) is 0 Å². The zero-order valence-corrected chi connectivity index (χ0v) is 14.9. The average Bonchev–Trinajstić information content (AvgIpc) is 2.82. The Morgan fingerprint density at radius 2 is 1.92 bits per heavy atom. The van der Waals surface area contributed by atoms with Crippen molar-refractivity contribution < 1.29 is 26.7 Å². The Morgan fingerprint density at radius 1 is 1.28 bits per heavy atom. The van der Waals surface area contributed by atoms with Gasteiger partial charge in [-0.25, -0.2) is 8.42 Å². The second kappa shape index (κ2) is 5.93. The Balaban J connectivity index is 1.76. The number of nitrogens with one attached hydrogen (secondary N) is 1. The highest BCUT2D eigenvalue weighted by atomic mass is 32.2. The molecule has 0 aromatic heterocycles. The van der Waals surface area contributed by atoms with E-state index in [1.54, 1.807) is 0 Å². The number of ether oxygens (including phenoxy) is 1. The number of alkyl halides is 2. The molecule has 2 bridgehead atoms. The molecule has 0 aliphatic heterocycles. The van der Waals surface area contributed by atoms with Crippen LogP contribution in [0.15, 0.2) is 24.3 Å². The summed E-state index contributed by atoms with van der Waals surface area (Å²) in [4.78, 5) is 12.5.